The number of carbonyl (C=O) groups excluding carboxylic acids is 2. The Morgan fingerprint density at radius 3 is 2.77 bits per heavy atom. The number of rotatable bonds is 4. The van der Waals surface area contributed by atoms with E-state index < -0.39 is 11.1 Å². The lowest BCUT2D eigenvalue weighted by Crippen LogP contribution is -2.27. The maximum Gasteiger partial charge on any atom is 0.298 e. The molecule has 134 valence electrons. The molecular formula is C18H13BrClNO4S. The van der Waals surface area contributed by atoms with Crippen molar-refractivity contribution in [3.63, 3.8) is 0 Å². The summed E-state index contributed by atoms with van der Waals surface area (Å²) in [4.78, 5) is 26.2. The first-order valence-corrected chi connectivity index (χ1v) is 9.58. The molecule has 0 aliphatic carbocycles. The minimum Gasteiger partial charge on any atom is -0.504 e. The molecule has 1 saturated heterocycles. The van der Waals surface area contributed by atoms with E-state index in [1.54, 1.807) is 43.3 Å². The van der Waals surface area contributed by atoms with Gasteiger partial charge in [-0.15, -0.1) is 0 Å². The van der Waals surface area contributed by atoms with Crippen LogP contribution in [0.5, 0.6) is 11.5 Å². The Morgan fingerprint density at radius 1 is 1.31 bits per heavy atom. The van der Waals surface area contributed by atoms with E-state index in [9.17, 15) is 14.7 Å². The number of thioether (sulfide) groups is 1. The number of nitrogens with zero attached hydrogens (tertiary/aromatic N) is 1. The van der Waals surface area contributed by atoms with Gasteiger partial charge in [0.05, 0.1) is 17.2 Å². The molecule has 2 aromatic rings. The first-order chi connectivity index (χ1) is 12.4. The average molecular weight is 455 g/mol. The van der Waals surface area contributed by atoms with Crippen molar-refractivity contribution < 1.29 is 19.4 Å². The van der Waals surface area contributed by atoms with Gasteiger partial charge in [-0.25, -0.2) is 4.90 Å². The van der Waals surface area contributed by atoms with E-state index in [2.05, 4.69) is 15.9 Å². The molecule has 3 rings (SSSR count). The van der Waals surface area contributed by atoms with E-state index in [1.807, 2.05) is 0 Å². The summed E-state index contributed by atoms with van der Waals surface area (Å²) in [5.74, 6) is -0.272. The van der Waals surface area contributed by atoms with Gasteiger partial charge in [0, 0.05) is 15.1 Å². The van der Waals surface area contributed by atoms with Crippen LogP contribution in [0, 0.1) is 0 Å². The number of imide groups is 1. The molecule has 0 radical (unpaired) electrons. The van der Waals surface area contributed by atoms with Crippen molar-refractivity contribution >= 4 is 62.2 Å². The van der Waals surface area contributed by atoms with Gasteiger partial charge in [0.1, 0.15) is 0 Å². The Balaban J connectivity index is 1.98. The quantitative estimate of drug-likeness (QED) is 0.622. The van der Waals surface area contributed by atoms with E-state index in [0.29, 0.717) is 33.1 Å². The molecule has 1 fully saturated rings. The zero-order valence-corrected chi connectivity index (χ0v) is 16.7. The average Bonchev–Trinajstić information content (AvgIpc) is 2.86. The molecule has 2 amide bonds. The maximum atomic E-state index is 12.7. The van der Waals surface area contributed by atoms with Crippen molar-refractivity contribution in [2.45, 2.75) is 6.92 Å². The molecule has 5 nitrogen and oxygen atoms in total. The summed E-state index contributed by atoms with van der Waals surface area (Å²) in [6.45, 7) is 2.19. The number of halogens is 2. The summed E-state index contributed by atoms with van der Waals surface area (Å²) < 4.78 is 6.06. The van der Waals surface area contributed by atoms with Gasteiger partial charge >= 0.3 is 0 Å². The van der Waals surface area contributed by atoms with E-state index in [4.69, 9.17) is 16.3 Å². The number of phenolic OH excluding ortho intramolecular Hbond substituents is 1. The maximum absolute atomic E-state index is 12.7. The molecule has 0 aromatic heterocycles. The van der Waals surface area contributed by atoms with Crippen LogP contribution in [-0.2, 0) is 4.79 Å². The van der Waals surface area contributed by atoms with Crippen molar-refractivity contribution in [1.82, 2.24) is 0 Å². The lowest BCUT2D eigenvalue weighted by molar-refractivity contribution is -0.113. The first-order valence-electron chi connectivity index (χ1n) is 7.59. The Morgan fingerprint density at radius 2 is 2.08 bits per heavy atom. The van der Waals surface area contributed by atoms with Crippen LogP contribution >= 0.6 is 39.3 Å². The highest BCUT2D eigenvalue weighted by atomic mass is 79.9. The fourth-order valence-corrected chi connectivity index (χ4v) is 3.89. The van der Waals surface area contributed by atoms with E-state index in [0.717, 1.165) is 16.7 Å². The number of anilines is 1. The van der Waals surface area contributed by atoms with Crippen LogP contribution < -0.4 is 9.64 Å². The molecule has 0 bridgehead atoms. The van der Waals surface area contributed by atoms with Crippen LogP contribution in [0.2, 0.25) is 5.02 Å². The summed E-state index contributed by atoms with van der Waals surface area (Å²) in [6, 6.07) is 9.78. The van der Waals surface area contributed by atoms with Crippen molar-refractivity contribution in [3.05, 3.63) is 56.4 Å². The van der Waals surface area contributed by atoms with Gasteiger partial charge in [-0.1, -0.05) is 33.6 Å². The highest BCUT2D eigenvalue weighted by Gasteiger charge is 2.36. The number of hydrogen-bond acceptors (Lipinski definition) is 5. The van der Waals surface area contributed by atoms with E-state index >= 15 is 0 Å². The van der Waals surface area contributed by atoms with Crippen LogP contribution in [-0.4, -0.2) is 22.9 Å². The number of hydrogen-bond donors (Lipinski definition) is 1. The zero-order valence-electron chi connectivity index (χ0n) is 13.5. The third-order valence-corrected chi connectivity index (χ3v) is 5.08. The van der Waals surface area contributed by atoms with Crippen molar-refractivity contribution in [3.8, 4) is 11.5 Å². The van der Waals surface area contributed by atoms with Crippen molar-refractivity contribution in [2.75, 3.05) is 11.5 Å². The van der Waals surface area contributed by atoms with Gasteiger partial charge in [0.2, 0.25) is 0 Å². The zero-order chi connectivity index (χ0) is 18.8. The Bertz CT molecular complexity index is 931. The second-order valence-electron chi connectivity index (χ2n) is 5.27. The number of carbonyl (C=O) groups is 2. The molecule has 2 aromatic carbocycles. The second kappa shape index (κ2) is 7.73. The number of amides is 2. The Hall–Kier alpha value is -1.96. The van der Waals surface area contributed by atoms with Gasteiger partial charge in [0.25, 0.3) is 11.1 Å². The molecule has 1 aliphatic heterocycles. The first kappa shape index (κ1) is 18.8. The summed E-state index contributed by atoms with van der Waals surface area (Å²) in [5.41, 5.74) is 0.774. The minimum absolute atomic E-state index is 0.0930. The summed E-state index contributed by atoms with van der Waals surface area (Å²) >= 11 is 10.1. The molecule has 1 heterocycles. The normalized spacial score (nSPS) is 15.8. The standard InChI is InChI=1S/C18H13BrClNO4S/c1-2-25-14-8-11(19)6-10(16(14)22)7-15-17(23)21(18(24)26-15)13-5-3-4-12(20)9-13/h3-9,22H,2H2,1H3/b15-7-. The van der Waals surface area contributed by atoms with Crippen LogP contribution in [0.25, 0.3) is 6.08 Å². The molecule has 0 unspecified atom stereocenters. The third-order valence-electron chi connectivity index (χ3n) is 3.52. The van der Waals surface area contributed by atoms with Gasteiger partial charge < -0.3 is 9.84 Å². The molecule has 1 N–H and O–H groups in total. The SMILES string of the molecule is CCOc1cc(Br)cc(/C=C2\SC(=O)N(c3cccc(Cl)c3)C2=O)c1O. The van der Waals surface area contributed by atoms with Gasteiger partial charge in [-0.3, -0.25) is 9.59 Å². The van der Waals surface area contributed by atoms with Crippen LogP contribution in [0.3, 0.4) is 0 Å². The topological polar surface area (TPSA) is 66.8 Å². The molecule has 0 spiro atoms. The molecule has 0 atom stereocenters. The monoisotopic (exact) mass is 453 g/mol. The predicted octanol–water partition coefficient (Wildman–Crippen LogP) is 5.45. The molecule has 26 heavy (non-hydrogen) atoms. The van der Waals surface area contributed by atoms with Crippen LogP contribution in [0.4, 0.5) is 10.5 Å². The predicted molar refractivity (Wildman–Crippen MR) is 107 cm³/mol. The largest absolute Gasteiger partial charge is 0.504 e. The second-order valence-corrected chi connectivity index (χ2v) is 7.62. The minimum atomic E-state index is -0.473. The summed E-state index contributed by atoms with van der Waals surface area (Å²) in [6.07, 6.45) is 1.47. The number of ether oxygens (including phenoxy) is 1. The fourth-order valence-electron chi connectivity index (χ4n) is 2.42. The molecule has 8 heteroatoms. The fraction of sp³-hybridized carbons (Fsp3) is 0.111. The third kappa shape index (κ3) is 3.75. The smallest absolute Gasteiger partial charge is 0.298 e. The molecule has 1 aliphatic rings. The molecule has 0 saturated carbocycles. The highest BCUT2D eigenvalue weighted by Crippen LogP contribution is 2.40. The van der Waals surface area contributed by atoms with Gasteiger partial charge in [-0.2, -0.15) is 0 Å². The van der Waals surface area contributed by atoms with Crippen molar-refractivity contribution in [2.24, 2.45) is 0 Å². The Labute approximate surface area is 167 Å². The number of benzene rings is 2. The lowest BCUT2D eigenvalue weighted by atomic mass is 10.1. The van der Waals surface area contributed by atoms with E-state index in [-0.39, 0.29) is 10.7 Å². The molecular weight excluding hydrogens is 442 g/mol. The number of aromatic hydroxyl groups is 1. The van der Waals surface area contributed by atoms with Crippen LogP contribution in [0.1, 0.15) is 12.5 Å². The van der Waals surface area contributed by atoms with Gasteiger partial charge in [0.15, 0.2) is 11.5 Å². The summed E-state index contributed by atoms with van der Waals surface area (Å²) in [5, 5.41) is 10.3. The lowest BCUT2D eigenvalue weighted by Gasteiger charge is -2.12. The summed E-state index contributed by atoms with van der Waals surface area (Å²) in [7, 11) is 0. The van der Waals surface area contributed by atoms with Gasteiger partial charge in [-0.05, 0) is 55.1 Å². The van der Waals surface area contributed by atoms with Crippen LogP contribution in [0.15, 0.2) is 45.8 Å². The Kier molecular flexibility index (Phi) is 5.60. The van der Waals surface area contributed by atoms with E-state index in [1.165, 1.54) is 6.08 Å². The van der Waals surface area contributed by atoms with Crippen molar-refractivity contribution in [1.29, 1.82) is 0 Å². The number of phenols is 1. The highest BCUT2D eigenvalue weighted by molar-refractivity contribution is 9.10.